The maximum atomic E-state index is 7.50. The molecular weight excluding hydrogens is 722 g/mol. The minimum Gasteiger partial charge on any atom is -0.697 e. The fourth-order valence-electron chi connectivity index (χ4n) is 5.90. The molecule has 6 nitrogen and oxygen atoms in total. The smallest absolute Gasteiger partial charge is 0.0551 e. The summed E-state index contributed by atoms with van der Waals surface area (Å²) in [6.07, 6.45) is 1.71. The molecule has 0 saturated heterocycles. The van der Waals surface area contributed by atoms with Crippen LogP contribution in [-0.4, -0.2) is 41.2 Å². The Hall–Kier alpha value is -1.87. The second kappa shape index (κ2) is 14.7. The number of para-hydroxylation sites is 1. The number of aromatic nitrogens is 1. The molecule has 0 bridgehead atoms. The first-order chi connectivity index (χ1) is 20.9. The Morgan fingerprint density at radius 1 is 0.727 bits per heavy atom. The van der Waals surface area contributed by atoms with Gasteiger partial charge in [0.2, 0.25) is 0 Å². The zero-order chi connectivity index (χ0) is 32.2. The molecule has 1 N–H and O–H groups in total. The molecular formula is C33H41Cl2N2O4P2Ru+. The van der Waals surface area contributed by atoms with Crippen LogP contribution >= 0.6 is 35.2 Å². The van der Waals surface area contributed by atoms with E-state index in [1.165, 1.54) is 10.6 Å². The molecule has 0 fully saturated rings. The Balaban J connectivity index is 0.000000260. The van der Waals surface area contributed by atoms with Gasteiger partial charge in [-0.2, -0.15) is 0 Å². The van der Waals surface area contributed by atoms with Gasteiger partial charge in [-0.05, 0) is 77.3 Å². The Morgan fingerprint density at radius 3 is 1.57 bits per heavy atom. The summed E-state index contributed by atoms with van der Waals surface area (Å²) in [7, 11) is 10.9. The van der Waals surface area contributed by atoms with Crippen molar-refractivity contribution in [2.24, 2.45) is 0 Å². The quantitative estimate of drug-likeness (QED) is 0.154. The second-order valence-electron chi connectivity index (χ2n) is 12.5. The van der Waals surface area contributed by atoms with Gasteiger partial charge in [0.25, 0.3) is 11.7 Å². The Bertz CT molecular complexity index is 1500. The third-order valence-corrected chi connectivity index (χ3v) is 15.2. The van der Waals surface area contributed by atoms with Gasteiger partial charge in [0, 0.05) is 6.20 Å². The van der Waals surface area contributed by atoms with Gasteiger partial charge in [0.1, 0.15) is 0 Å². The van der Waals surface area contributed by atoms with Crippen molar-refractivity contribution in [1.82, 2.24) is 4.98 Å². The third-order valence-electron chi connectivity index (χ3n) is 7.56. The van der Waals surface area contributed by atoms with Crippen LogP contribution in [0.4, 0.5) is 5.69 Å². The Labute approximate surface area is 279 Å². The average Bonchev–Trinajstić information content (AvgIpc) is 3.57. The van der Waals surface area contributed by atoms with Crippen molar-refractivity contribution < 1.29 is 34.1 Å². The van der Waals surface area contributed by atoms with E-state index >= 15 is 0 Å². The van der Waals surface area contributed by atoms with E-state index in [-0.39, 0.29) is 37.1 Å². The van der Waals surface area contributed by atoms with Crippen LogP contribution in [0.3, 0.4) is 0 Å². The first-order valence-corrected chi connectivity index (χ1v) is 21.8. The molecule has 6 rings (SSSR count). The van der Waals surface area contributed by atoms with Crippen molar-refractivity contribution in [2.45, 2.75) is 63.5 Å². The summed E-state index contributed by atoms with van der Waals surface area (Å²) in [5, 5.41) is 3.73. The van der Waals surface area contributed by atoms with Crippen LogP contribution in [0, 0.1) is 0 Å². The van der Waals surface area contributed by atoms with Crippen LogP contribution in [0.15, 0.2) is 72.9 Å². The van der Waals surface area contributed by atoms with E-state index in [1.807, 2.05) is 36.4 Å². The molecule has 2 aliphatic heterocycles. The van der Waals surface area contributed by atoms with Crippen molar-refractivity contribution >= 4 is 62.4 Å². The van der Waals surface area contributed by atoms with E-state index in [2.05, 4.69) is 70.8 Å². The fourth-order valence-corrected chi connectivity index (χ4v) is 13.6. The maximum absolute atomic E-state index is 7.50. The molecule has 238 valence electrons. The molecule has 3 aromatic carbocycles. The number of benzene rings is 3. The number of pyridine rings is 1. The number of hydrogen-bond donors (Lipinski definition) is 0. The molecule has 11 heteroatoms. The van der Waals surface area contributed by atoms with Crippen LogP contribution in [0.2, 0.25) is 0 Å². The van der Waals surface area contributed by atoms with Crippen molar-refractivity contribution in [3.63, 3.8) is 0 Å². The number of halogens is 2. The van der Waals surface area contributed by atoms with Gasteiger partial charge in [-0.25, -0.2) is 0 Å². The maximum Gasteiger partial charge on any atom is 0.0551 e. The number of ether oxygens (including phenoxy) is 4. The SMILES string of the molecule is COc1cccc2c1[PH+](C(C)(C)C)[C@H]([C@@H]1Oc3cccc(OC)c3[PH+]1C(C)(C)C)O2.[Cl][Ru][Cl].[NH-]c1cccc2cccnc12. The molecule has 44 heavy (non-hydrogen) atoms. The summed E-state index contributed by atoms with van der Waals surface area (Å²) in [6, 6.07) is 21.7. The molecule has 3 heterocycles. The minimum absolute atomic E-state index is 0.0199. The van der Waals surface area contributed by atoms with E-state index in [1.54, 1.807) is 26.5 Å². The Morgan fingerprint density at radius 2 is 1.16 bits per heavy atom. The van der Waals surface area contributed by atoms with Crippen molar-refractivity contribution in [3.05, 3.63) is 78.7 Å². The summed E-state index contributed by atoms with van der Waals surface area (Å²) in [4.78, 5) is 4.09. The van der Waals surface area contributed by atoms with Gasteiger partial charge in [0.15, 0.2) is 33.6 Å². The van der Waals surface area contributed by atoms with Crippen molar-refractivity contribution in [1.29, 1.82) is 0 Å². The van der Waals surface area contributed by atoms with E-state index in [9.17, 15) is 0 Å². The van der Waals surface area contributed by atoms with E-state index in [4.69, 9.17) is 44.1 Å². The predicted molar refractivity (Wildman–Crippen MR) is 188 cm³/mol. The normalized spacial score (nSPS) is 20.2. The summed E-state index contributed by atoms with van der Waals surface area (Å²) >= 11 is -0.346. The molecule has 0 amide bonds. The van der Waals surface area contributed by atoms with Crippen LogP contribution < -0.4 is 29.6 Å². The van der Waals surface area contributed by atoms with E-state index in [0.717, 1.165) is 33.9 Å². The summed E-state index contributed by atoms with van der Waals surface area (Å²) in [5.41, 5.74) is 8.76. The number of nitrogens with zero attached hydrogens (tertiary/aromatic N) is 1. The molecule has 4 aromatic rings. The molecule has 0 aliphatic carbocycles. The number of rotatable bonds is 3. The topological polar surface area (TPSA) is 73.6 Å². The van der Waals surface area contributed by atoms with Crippen LogP contribution in [0.25, 0.3) is 16.6 Å². The number of methoxy groups -OCH3 is 2. The van der Waals surface area contributed by atoms with E-state index < -0.39 is 15.8 Å². The van der Waals surface area contributed by atoms with Gasteiger partial charge in [0.05, 0.1) is 45.9 Å². The molecule has 0 spiro atoms. The third kappa shape index (κ3) is 7.40. The first kappa shape index (κ1) is 35.0. The predicted octanol–water partition coefficient (Wildman–Crippen LogP) is 9.41. The number of fused-ring (bicyclic) bond motifs is 3. The molecule has 0 saturated carbocycles. The fraction of sp³-hybridized carbons (Fsp3) is 0.364. The average molecular weight is 764 g/mol. The van der Waals surface area contributed by atoms with Crippen molar-refractivity contribution in [2.75, 3.05) is 14.2 Å². The number of hydrogen-bond acceptors (Lipinski definition) is 5. The Kier molecular flexibility index (Phi) is 11.7. The van der Waals surface area contributed by atoms with Gasteiger partial charge in [-0.1, -0.05) is 36.4 Å². The molecule has 2 unspecified atom stereocenters. The monoisotopic (exact) mass is 763 g/mol. The van der Waals surface area contributed by atoms with Gasteiger partial charge >= 0.3 is 34.5 Å². The summed E-state index contributed by atoms with van der Waals surface area (Å²) < 4.78 is 25.0. The standard InChI is InChI=1S/C24H32O4P2.C9H7N2.2ClH.Ru/c1-23(2,3)29-19-15(25-7)11-9-13-17(19)27-21(29)22-28-18-14-10-12-16(26-8)20(18)30(22)24(4,5)6;10-8-5-1-3-7-4-2-6-11-9(7)8;;;/h9-14,21-22H,1-8H3;1-6,10H;2*1H;/q;-1;;;+2/t21-,22-,29?,30?;;;;/m1..../s1. The summed E-state index contributed by atoms with van der Waals surface area (Å²) in [5.74, 6) is 3.85. The zero-order valence-electron chi connectivity index (χ0n) is 26.3. The molecule has 1 aromatic heterocycles. The summed E-state index contributed by atoms with van der Waals surface area (Å²) in [6.45, 7) is 13.9. The first-order valence-electron chi connectivity index (χ1n) is 14.2. The largest absolute Gasteiger partial charge is 0.697 e. The zero-order valence-corrected chi connectivity index (χ0v) is 31.5. The van der Waals surface area contributed by atoms with Gasteiger partial charge < -0.3 is 24.7 Å². The molecule has 2 aliphatic rings. The van der Waals surface area contributed by atoms with Gasteiger partial charge in [-0.3, -0.25) is 4.98 Å². The van der Waals surface area contributed by atoms with E-state index in [0.29, 0.717) is 5.69 Å². The van der Waals surface area contributed by atoms with Crippen molar-refractivity contribution in [3.8, 4) is 23.0 Å². The van der Waals surface area contributed by atoms with Crippen LogP contribution in [0.1, 0.15) is 41.5 Å². The van der Waals surface area contributed by atoms with Gasteiger partial charge in [-0.15, -0.1) is 5.69 Å². The van der Waals surface area contributed by atoms with Crippen LogP contribution in [-0.2, 0) is 15.1 Å². The second-order valence-corrected chi connectivity index (χ2v) is 21.9. The molecule has 0 radical (unpaired) electrons. The molecule has 4 atom stereocenters. The number of nitrogens with one attached hydrogen (secondary N) is 1. The van der Waals surface area contributed by atoms with Crippen LogP contribution in [0.5, 0.6) is 23.0 Å². The minimum atomic E-state index is -1.16.